The van der Waals surface area contributed by atoms with Gasteiger partial charge in [-0.3, -0.25) is 4.79 Å². The molecule has 0 aliphatic carbocycles. The molecule has 3 nitrogen and oxygen atoms in total. The molecule has 1 aliphatic rings. The molecule has 0 saturated carbocycles. The molecule has 1 aromatic carbocycles. The molecule has 1 fully saturated rings. The van der Waals surface area contributed by atoms with E-state index < -0.39 is 0 Å². The minimum Gasteiger partial charge on any atom is -0.341 e. The third kappa shape index (κ3) is 4.99. The van der Waals surface area contributed by atoms with E-state index in [4.69, 9.17) is 5.73 Å². The third-order valence-electron chi connectivity index (χ3n) is 4.65. The van der Waals surface area contributed by atoms with Crippen LogP contribution in [0.1, 0.15) is 45.1 Å². The Morgan fingerprint density at radius 2 is 2.05 bits per heavy atom. The maximum absolute atomic E-state index is 12.3. The number of hydrogen-bond acceptors (Lipinski definition) is 2. The van der Waals surface area contributed by atoms with Crippen LogP contribution >= 0.6 is 12.4 Å². The number of hydrogen-bond donors (Lipinski definition) is 1. The molecule has 0 aromatic heterocycles. The molecular weight excluding hydrogens is 296 g/mol. The number of likely N-dealkylation sites (tertiary alicyclic amines) is 1. The number of halogens is 1. The summed E-state index contributed by atoms with van der Waals surface area (Å²) >= 11 is 0. The van der Waals surface area contributed by atoms with E-state index in [2.05, 4.69) is 44.2 Å². The minimum absolute atomic E-state index is 0. The summed E-state index contributed by atoms with van der Waals surface area (Å²) in [7, 11) is 0. The minimum atomic E-state index is -0.313. The Hall–Kier alpha value is -1.06. The molecule has 2 unspecified atom stereocenters. The van der Waals surface area contributed by atoms with Gasteiger partial charge in [0.25, 0.3) is 0 Å². The number of nitrogens with zero attached hydrogens (tertiary/aromatic N) is 1. The molecular formula is C18H29ClN2O. The van der Waals surface area contributed by atoms with Crippen LogP contribution in [-0.2, 0) is 11.2 Å². The summed E-state index contributed by atoms with van der Waals surface area (Å²) in [5.74, 6) is 0.139. The molecule has 1 aromatic rings. The summed E-state index contributed by atoms with van der Waals surface area (Å²) in [5, 5.41) is 0. The van der Waals surface area contributed by atoms with Crippen molar-refractivity contribution >= 4 is 18.3 Å². The first kappa shape index (κ1) is 19.0. The zero-order valence-electron chi connectivity index (χ0n) is 13.8. The third-order valence-corrected chi connectivity index (χ3v) is 4.65. The number of aryl methyl sites for hydroxylation is 1. The molecule has 124 valence electrons. The van der Waals surface area contributed by atoms with Crippen LogP contribution in [0, 0.1) is 5.41 Å². The van der Waals surface area contributed by atoms with E-state index in [0.717, 1.165) is 45.2 Å². The second-order valence-electron chi connectivity index (χ2n) is 6.70. The Bertz CT molecular complexity index is 465. The Labute approximate surface area is 140 Å². The van der Waals surface area contributed by atoms with Gasteiger partial charge in [-0.05, 0) is 36.7 Å². The highest BCUT2D eigenvalue weighted by Crippen LogP contribution is 2.34. The van der Waals surface area contributed by atoms with Gasteiger partial charge in [-0.2, -0.15) is 0 Å². The second kappa shape index (κ2) is 8.54. The van der Waals surface area contributed by atoms with Crippen molar-refractivity contribution in [2.24, 2.45) is 11.1 Å². The quantitative estimate of drug-likeness (QED) is 0.871. The summed E-state index contributed by atoms with van der Waals surface area (Å²) in [6, 6.07) is 10.3. The van der Waals surface area contributed by atoms with Crippen molar-refractivity contribution in [1.29, 1.82) is 0 Å². The van der Waals surface area contributed by atoms with Gasteiger partial charge in [-0.25, -0.2) is 0 Å². The van der Waals surface area contributed by atoms with Crippen LogP contribution in [0.5, 0.6) is 0 Å². The molecule has 1 aliphatic heterocycles. The first-order valence-electron chi connectivity index (χ1n) is 8.12. The number of rotatable bonds is 6. The van der Waals surface area contributed by atoms with Crippen LogP contribution in [0.15, 0.2) is 30.3 Å². The van der Waals surface area contributed by atoms with Gasteiger partial charge in [0.15, 0.2) is 0 Å². The molecule has 1 amide bonds. The van der Waals surface area contributed by atoms with Crippen LogP contribution in [0.3, 0.4) is 0 Å². The molecule has 4 heteroatoms. The number of carbonyl (C=O) groups excluding carboxylic acids is 1. The van der Waals surface area contributed by atoms with Crippen LogP contribution in [0.2, 0.25) is 0 Å². The Morgan fingerprint density at radius 3 is 2.68 bits per heavy atom. The highest BCUT2D eigenvalue weighted by Gasteiger charge is 2.36. The first-order chi connectivity index (χ1) is 10.0. The van der Waals surface area contributed by atoms with E-state index in [0.29, 0.717) is 0 Å². The highest BCUT2D eigenvalue weighted by molar-refractivity contribution is 5.85. The molecule has 2 rings (SSSR count). The van der Waals surface area contributed by atoms with Crippen LogP contribution in [-0.4, -0.2) is 29.9 Å². The van der Waals surface area contributed by atoms with E-state index in [9.17, 15) is 4.79 Å². The standard InChI is InChI=1S/C18H28N2O.ClH/c1-3-7-16(19)17(21)20-13-12-18(2,14-20)11-10-15-8-5-4-6-9-15;/h4-6,8-9,16H,3,7,10-14,19H2,1-2H3;1H. The summed E-state index contributed by atoms with van der Waals surface area (Å²) in [4.78, 5) is 14.3. The Balaban J connectivity index is 0.00000242. The van der Waals surface area contributed by atoms with E-state index >= 15 is 0 Å². The van der Waals surface area contributed by atoms with Gasteiger partial charge in [-0.1, -0.05) is 50.6 Å². The SMILES string of the molecule is CCCC(N)C(=O)N1CCC(C)(CCc2ccccc2)C1.Cl. The lowest BCUT2D eigenvalue weighted by Crippen LogP contribution is -2.43. The van der Waals surface area contributed by atoms with E-state index in [1.807, 2.05) is 4.90 Å². The van der Waals surface area contributed by atoms with Crippen molar-refractivity contribution in [2.75, 3.05) is 13.1 Å². The number of benzene rings is 1. The van der Waals surface area contributed by atoms with Crippen molar-refractivity contribution < 1.29 is 4.79 Å². The fourth-order valence-corrected chi connectivity index (χ4v) is 3.18. The van der Waals surface area contributed by atoms with Gasteiger partial charge in [0.1, 0.15) is 0 Å². The van der Waals surface area contributed by atoms with Gasteiger partial charge in [0.2, 0.25) is 5.91 Å². The maximum atomic E-state index is 12.3. The van der Waals surface area contributed by atoms with Crippen LogP contribution in [0.25, 0.3) is 0 Å². The van der Waals surface area contributed by atoms with E-state index in [1.54, 1.807) is 0 Å². The van der Waals surface area contributed by atoms with Crippen molar-refractivity contribution in [3.8, 4) is 0 Å². The lowest BCUT2D eigenvalue weighted by Gasteiger charge is -2.26. The average Bonchev–Trinajstić information content (AvgIpc) is 2.89. The van der Waals surface area contributed by atoms with Crippen molar-refractivity contribution in [1.82, 2.24) is 4.90 Å². The van der Waals surface area contributed by atoms with E-state index in [-0.39, 0.29) is 29.8 Å². The number of amides is 1. The molecule has 2 N–H and O–H groups in total. The molecule has 0 bridgehead atoms. The highest BCUT2D eigenvalue weighted by atomic mass is 35.5. The van der Waals surface area contributed by atoms with Crippen molar-refractivity contribution in [3.63, 3.8) is 0 Å². The summed E-state index contributed by atoms with van der Waals surface area (Å²) in [6.07, 6.45) is 5.05. The normalized spacial score (nSPS) is 22.2. The molecule has 2 atom stereocenters. The average molecular weight is 325 g/mol. The topological polar surface area (TPSA) is 46.3 Å². The smallest absolute Gasteiger partial charge is 0.239 e. The predicted molar refractivity (Wildman–Crippen MR) is 94.2 cm³/mol. The van der Waals surface area contributed by atoms with Crippen molar-refractivity contribution in [2.45, 2.75) is 52.0 Å². The molecule has 22 heavy (non-hydrogen) atoms. The van der Waals surface area contributed by atoms with Crippen LogP contribution in [0.4, 0.5) is 0 Å². The fraction of sp³-hybridized carbons (Fsp3) is 0.611. The Morgan fingerprint density at radius 1 is 1.36 bits per heavy atom. The molecule has 0 spiro atoms. The zero-order chi connectivity index (χ0) is 15.3. The van der Waals surface area contributed by atoms with E-state index in [1.165, 1.54) is 5.56 Å². The number of carbonyl (C=O) groups is 1. The lowest BCUT2D eigenvalue weighted by atomic mass is 9.83. The monoisotopic (exact) mass is 324 g/mol. The first-order valence-corrected chi connectivity index (χ1v) is 8.12. The fourth-order valence-electron chi connectivity index (χ4n) is 3.18. The molecule has 1 heterocycles. The van der Waals surface area contributed by atoms with Gasteiger partial charge in [0.05, 0.1) is 6.04 Å². The van der Waals surface area contributed by atoms with Crippen LogP contribution < -0.4 is 5.73 Å². The van der Waals surface area contributed by atoms with Gasteiger partial charge < -0.3 is 10.6 Å². The van der Waals surface area contributed by atoms with Gasteiger partial charge in [0, 0.05) is 13.1 Å². The van der Waals surface area contributed by atoms with Gasteiger partial charge in [-0.15, -0.1) is 12.4 Å². The number of nitrogens with two attached hydrogens (primary N) is 1. The Kier molecular flexibility index (Phi) is 7.37. The molecule has 0 radical (unpaired) electrons. The predicted octanol–water partition coefficient (Wildman–Crippen LogP) is 3.41. The largest absolute Gasteiger partial charge is 0.341 e. The summed E-state index contributed by atoms with van der Waals surface area (Å²) in [5.41, 5.74) is 7.58. The maximum Gasteiger partial charge on any atom is 0.239 e. The second-order valence-corrected chi connectivity index (χ2v) is 6.70. The lowest BCUT2D eigenvalue weighted by molar-refractivity contribution is -0.132. The summed E-state index contributed by atoms with van der Waals surface area (Å²) in [6.45, 7) is 6.09. The molecule has 1 saturated heterocycles. The van der Waals surface area contributed by atoms with Crippen molar-refractivity contribution in [3.05, 3.63) is 35.9 Å². The summed E-state index contributed by atoms with van der Waals surface area (Å²) < 4.78 is 0. The van der Waals surface area contributed by atoms with Gasteiger partial charge >= 0.3 is 0 Å². The zero-order valence-corrected chi connectivity index (χ0v) is 14.6.